The van der Waals surface area contributed by atoms with Gasteiger partial charge in [0, 0.05) is 39.3 Å². The summed E-state index contributed by atoms with van der Waals surface area (Å²) in [6.45, 7) is 6.41. The molecule has 30 heavy (non-hydrogen) atoms. The number of nitrogens with zero attached hydrogens (tertiary/aromatic N) is 2. The third kappa shape index (κ3) is 4.66. The molecule has 0 saturated carbocycles. The van der Waals surface area contributed by atoms with Gasteiger partial charge in [-0.1, -0.05) is 54.6 Å². The van der Waals surface area contributed by atoms with E-state index in [2.05, 4.69) is 101 Å². The van der Waals surface area contributed by atoms with Crippen molar-refractivity contribution in [3.05, 3.63) is 91.0 Å². The average molecular weight is 420 g/mol. The van der Waals surface area contributed by atoms with Gasteiger partial charge >= 0.3 is 0 Å². The van der Waals surface area contributed by atoms with Crippen LogP contribution in [0.1, 0.15) is 0 Å². The highest BCUT2D eigenvalue weighted by molar-refractivity contribution is 7.95. The number of piperazine rings is 1. The SMILES string of the molecule is OCCN1CCN(CC[P+](c2ccccc2)(c2ccccc2)c2ccccc2)CC1. The quantitative estimate of drug-likeness (QED) is 0.569. The molecular weight excluding hydrogens is 387 g/mol. The molecule has 1 fully saturated rings. The molecule has 1 aliphatic rings. The van der Waals surface area contributed by atoms with E-state index < -0.39 is 7.26 Å². The fraction of sp³-hybridized carbons (Fsp3) is 0.308. The Bertz CT molecular complexity index is 784. The van der Waals surface area contributed by atoms with Gasteiger partial charge in [-0.2, -0.15) is 0 Å². The maximum atomic E-state index is 9.22. The Labute approximate surface area is 181 Å². The Morgan fingerprint density at radius 3 is 1.30 bits per heavy atom. The zero-order valence-corrected chi connectivity index (χ0v) is 18.5. The summed E-state index contributed by atoms with van der Waals surface area (Å²) in [6, 6.07) is 33.4. The van der Waals surface area contributed by atoms with Crippen LogP contribution in [-0.4, -0.2) is 66.9 Å². The molecule has 4 heteroatoms. The predicted octanol–water partition coefficient (Wildman–Crippen LogP) is 2.59. The Morgan fingerprint density at radius 2 is 0.933 bits per heavy atom. The van der Waals surface area contributed by atoms with Gasteiger partial charge in [-0.25, -0.2) is 0 Å². The first kappa shape index (κ1) is 21.2. The largest absolute Gasteiger partial charge is 0.395 e. The molecular formula is C26H32N2OP+. The molecule has 3 nitrogen and oxygen atoms in total. The summed E-state index contributed by atoms with van der Waals surface area (Å²) < 4.78 is 0. The van der Waals surface area contributed by atoms with Crippen LogP contribution in [0.25, 0.3) is 0 Å². The van der Waals surface area contributed by atoms with E-state index in [1.165, 1.54) is 15.9 Å². The van der Waals surface area contributed by atoms with Crippen LogP contribution in [0, 0.1) is 0 Å². The summed E-state index contributed by atoms with van der Waals surface area (Å²) in [5.41, 5.74) is 0. The first-order valence-electron chi connectivity index (χ1n) is 10.9. The maximum Gasteiger partial charge on any atom is 0.113 e. The molecule has 0 aromatic heterocycles. The van der Waals surface area contributed by atoms with Crippen molar-refractivity contribution < 1.29 is 5.11 Å². The molecule has 3 aromatic carbocycles. The van der Waals surface area contributed by atoms with Crippen LogP contribution in [0.15, 0.2) is 91.0 Å². The molecule has 4 rings (SSSR count). The second-order valence-corrected chi connectivity index (χ2v) is 11.6. The lowest BCUT2D eigenvalue weighted by molar-refractivity contribution is 0.117. The minimum absolute atomic E-state index is 0.255. The third-order valence-corrected chi connectivity index (χ3v) is 10.6. The van der Waals surface area contributed by atoms with Gasteiger partial charge in [-0.15, -0.1) is 0 Å². The molecule has 0 aliphatic carbocycles. The first-order valence-corrected chi connectivity index (χ1v) is 12.9. The van der Waals surface area contributed by atoms with Crippen molar-refractivity contribution >= 4 is 23.2 Å². The lowest BCUT2D eigenvalue weighted by atomic mass is 10.3. The summed E-state index contributed by atoms with van der Waals surface area (Å²) >= 11 is 0. The number of rotatable bonds is 8. The van der Waals surface area contributed by atoms with E-state index in [4.69, 9.17) is 0 Å². The van der Waals surface area contributed by atoms with Crippen LogP contribution in [0.5, 0.6) is 0 Å². The van der Waals surface area contributed by atoms with E-state index in [1.807, 2.05) is 0 Å². The topological polar surface area (TPSA) is 26.7 Å². The Kier molecular flexibility index (Phi) is 7.30. The molecule has 1 N–H and O–H groups in total. The van der Waals surface area contributed by atoms with E-state index in [-0.39, 0.29) is 6.61 Å². The van der Waals surface area contributed by atoms with E-state index in [9.17, 15) is 5.11 Å². The van der Waals surface area contributed by atoms with Crippen molar-refractivity contribution in [1.82, 2.24) is 9.80 Å². The second-order valence-electron chi connectivity index (χ2n) is 7.95. The average Bonchev–Trinajstić information content (AvgIpc) is 2.83. The zero-order chi connectivity index (χ0) is 20.7. The first-order chi connectivity index (χ1) is 14.8. The fourth-order valence-corrected chi connectivity index (χ4v) is 8.85. The van der Waals surface area contributed by atoms with Crippen LogP contribution in [-0.2, 0) is 0 Å². The molecule has 0 spiro atoms. The van der Waals surface area contributed by atoms with Crippen molar-refractivity contribution in [2.45, 2.75) is 0 Å². The Morgan fingerprint density at radius 1 is 0.567 bits per heavy atom. The highest BCUT2D eigenvalue weighted by Crippen LogP contribution is 2.55. The van der Waals surface area contributed by atoms with Crippen LogP contribution < -0.4 is 15.9 Å². The lowest BCUT2D eigenvalue weighted by Crippen LogP contribution is -2.48. The van der Waals surface area contributed by atoms with Gasteiger partial charge < -0.3 is 5.11 Å². The normalized spacial score (nSPS) is 15.9. The van der Waals surface area contributed by atoms with Crippen LogP contribution >= 0.6 is 7.26 Å². The number of aliphatic hydroxyl groups excluding tert-OH is 1. The number of β-amino-alcohol motifs (C(OH)–C–C–N with tert-alkyl or cyclic N) is 1. The summed E-state index contributed by atoms with van der Waals surface area (Å²) in [5.74, 6) is 0. The highest BCUT2D eigenvalue weighted by atomic mass is 31.2. The molecule has 156 valence electrons. The van der Waals surface area contributed by atoms with Gasteiger partial charge in [0.15, 0.2) is 0 Å². The molecule has 0 bridgehead atoms. The standard InChI is InChI=1S/C26H32N2OP/c29-22-20-27-16-18-28(19-17-27)21-23-30(24-10-4-1-5-11-24,25-12-6-2-7-13-25)26-14-8-3-9-15-26/h1-15,29H,16-23H2/q+1. The highest BCUT2D eigenvalue weighted by Gasteiger charge is 2.45. The number of aliphatic hydroxyl groups is 1. The predicted molar refractivity (Wildman–Crippen MR) is 130 cm³/mol. The van der Waals surface area contributed by atoms with Crippen molar-refractivity contribution in [1.29, 1.82) is 0 Å². The molecule has 1 aliphatic heterocycles. The fourth-order valence-electron chi connectivity index (χ4n) is 4.55. The van der Waals surface area contributed by atoms with Crippen molar-refractivity contribution in [2.75, 3.05) is 52.0 Å². The molecule has 0 unspecified atom stereocenters. The molecule has 0 atom stereocenters. The maximum absolute atomic E-state index is 9.22. The number of hydrogen-bond donors (Lipinski definition) is 1. The molecule has 1 saturated heterocycles. The van der Waals surface area contributed by atoms with E-state index in [0.29, 0.717) is 0 Å². The smallest absolute Gasteiger partial charge is 0.113 e. The van der Waals surface area contributed by atoms with E-state index >= 15 is 0 Å². The molecule has 3 aromatic rings. The molecule has 0 amide bonds. The lowest BCUT2D eigenvalue weighted by Gasteiger charge is -2.36. The minimum atomic E-state index is -1.74. The van der Waals surface area contributed by atoms with Gasteiger partial charge in [0.05, 0.1) is 12.8 Å². The van der Waals surface area contributed by atoms with Crippen molar-refractivity contribution in [2.24, 2.45) is 0 Å². The van der Waals surface area contributed by atoms with Gasteiger partial charge in [0.1, 0.15) is 23.2 Å². The summed E-state index contributed by atoms with van der Waals surface area (Å²) in [4.78, 5) is 4.97. The Balaban J connectivity index is 1.67. The van der Waals surface area contributed by atoms with Gasteiger partial charge in [0.25, 0.3) is 0 Å². The zero-order valence-electron chi connectivity index (χ0n) is 17.6. The van der Waals surface area contributed by atoms with Crippen LogP contribution in [0.4, 0.5) is 0 Å². The number of hydrogen-bond acceptors (Lipinski definition) is 3. The molecule has 0 radical (unpaired) electrons. The van der Waals surface area contributed by atoms with E-state index in [0.717, 1.165) is 45.4 Å². The van der Waals surface area contributed by atoms with Gasteiger partial charge in [-0.05, 0) is 36.4 Å². The van der Waals surface area contributed by atoms with Gasteiger partial charge in [-0.3, -0.25) is 9.80 Å². The van der Waals surface area contributed by atoms with Crippen LogP contribution in [0.3, 0.4) is 0 Å². The van der Waals surface area contributed by atoms with Crippen LogP contribution in [0.2, 0.25) is 0 Å². The summed E-state index contributed by atoms with van der Waals surface area (Å²) in [5, 5.41) is 13.6. The second kappa shape index (κ2) is 10.3. The number of benzene rings is 3. The third-order valence-electron chi connectivity index (χ3n) is 6.22. The van der Waals surface area contributed by atoms with Crippen molar-refractivity contribution in [3.8, 4) is 0 Å². The monoisotopic (exact) mass is 419 g/mol. The summed E-state index contributed by atoms with van der Waals surface area (Å²) in [7, 11) is -1.74. The van der Waals surface area contributed by atoms with E-state index in [1.54, 1.807) is 0 Å². The summed E-state index contributed by atoms with van der Waals surface area (Å²) in [6.07, 6.45) is 1.14. The Hall–Kier alpha value is -2.03. The molecule has 1 heterocycles. The van der Waals surface area contributed by atoms with Gasteiger partial charge in [0.2, 0.25) is 0 Å². The van der Waals surface area contributed by atoms with Crippen molar-refractivity contribution in [3.63, 3.8) is 0 Å². The minimum Gasteiger partial charge on any atom is -0.395 e.